The van der Waals surface area contributed by atoms with E-state index in [2.05, 4.69) is 47.6 Å². The van der Waals surface area contributed by atoms with Gasteiger partial charge in [-0.15, -0.1) is 0 Å². The lowest BCUT2D eigenvalue weighted by atomic mass is 10.1. The van der Waals surface area contributed by atoms with Crippen LogP contribution in [0.15, 0.2) is 12.2 Å². The smallest absolute Gasteiger partial charge is 0.435 e. The third-order valence-electron chi connectivity index (χ3n) is 4.90. The highest BCUT2D eigenvalue weighted by Gasteiger charge is 2.45. The van der Waals surface area contributed by atoms with Crippen molar-refractivity contribution in [3.05, 3.63) is 12.2 Å². The van der Waals surface area contributed by atoms with Crippen LogP contribution in [0.25, 0.3) is 0 Å². The van der Waals surface area contributed by atoms with Crippen molar-refractivity contribution >= 4 is 14.5 Å². The summed E-state index contributed by atoms with van der Waals surface area (Å²) in [6, 6.07) is 0. The highest BCUT2D eigenvalue weighted by Crippen LogP contribution is 2.42. The minimum atomic E-state index is -1.83. The van der Waals surface area contributed by atoms with Crippen LogP contribution in [-0.4, -0.2) is 33.8 Å². The Kier molecular flexibility index (Phi) is 7.81. The largest absolute Gasteiger partial charge is 0.508 e. The molecule has 0 saturated heterocycles. The molecule has 134 valence electrons. The van der Waals surface area contributed by atoms with Crippen molar-refractivity contribution in [2.75, 3.05) is 13.2 Å². The molecule has 2 atom stereocenters. The summed E-state index contributed by atoms with van der Waals surface area (Å²) in [7, 11) is -1.83. The molecule has 0 heterocycles. The van der Waals surface area contributed by atoms with E-state index in [4.69, 9.17) is 13.9 Å². The van der Waals surface area contributed by atoms with Crippen molar-refractivity contribution in [1.29, 1.82) is 0 Å². The number of carbonyl (C=O) groups excluding carboxylic acids is 1. The van der Waals surface area contributed by atoms with Gasteiger partial charge in [0.05, 0.1) is 6.61 Å². The zero-order chi connectivity index (χ0) is 17.6. The van der Waals surface area contributed by atoms with Gasteiger partial charge in [0.1, 0.15) is 6.10 Å². The zero-order valence-corrected chi connectivity index (χ0v) is 16.8. The van der Waals surface area contributed by atoms with Gasteiger partial charge in [-0.3, -0.25) is 0 Å². The van der Waals surface area contributed by atoms with Crippen molar-refractivity contribution in [3.63, 3.8) is 0 Å². The van der Waals surface area contributed by atoms with Gasteiger partial charge in [-0.25, -0.2) is 4.79 Å². The molecule has 5 heteroatoms. The molecule has 0 bridgehead atoms. The second-order valence-electron chi connectivity index (χ2n) is 7.35. The van der Waals surface area contributed by atoms with Gasteiger partial charge in [0.15, 0.2) is 8.32 Å². The van der Waals surface area contributed by atoms with E-state index in [-0.39, 0.29) is 6.10 Å². The van der Waals surface area contributed by atoms with E-state index in [0.717, 1.165) is 13.0 Å². The monoisotopic (exact) mass is 342 g/mol. The first-order valence-electron chi connectivity index (χ1n) is 8.89. The summed E-state index contributed by atoms with van der Waals surface area (Å²) in [5, 5.41) is 0. The molecule has 1 rings (SSSR count). The van der Waals surface area contributed by atoms with Crippen molar-refractivity contribution in [3.8, 4) is 0 Å². The van der Waals surface area contributed by atoms with E-state index in [0.29, 0.717) is 29.1 Å². The van der Waals surface area contributed by atoms with Crippen molar-refractivity contribution in [1.82, 2.24) is 0 Å². The Bertz CT molecular complexity index is 382. The molecule has 0 aromatic heterocycles. The Labute approximate surface area is 142 Å². The van der Waals surface area contributed by atoms with Gasteiger partial charge in [-0.1, -0.05) is 47.6 Å². The molecule has 0 amide bonds. The Balaban J connectivity index is 2.58. The second kappa shape index (κ2) is 8.88. The quantitative estimate of drug-likeness (QED) is 0.341. The van der Waals surface area contributed by atoms with Gasteiger partial charge < -0.3 is 13.9 Å². The van der Waals surface area contributed by atoms with Gasteiger partial charge in [-0.05, 0) is 36.0 Å². The molecule has 4 nitrogen and oxygen atoms in total. The van der Waals surface area contributed by atoms with Gasteiger partial charge in [-0.2, -0.15) is 0 Å². The number of hydrogen-bond donors (Lipinski definition) is 0. The van der Waals surface area contributed by atoms with E-state index < -0.39 is 14.5 Å². The average Bonchev–Trinajstić information content (AvgIpc) is 2.85. The third-order valence-corrected chi connectivity index (χ3v) is 11.0. The SMILES string of the molecule is CCOC(=O)O[C@H]1C=C[C@@H](CO[Si](C(C)C)(C(C)C)C(C)C)C1. The summed E-state index contributed by atoms with van der Waals surface area (Å²) in [6.07, 6.45) is 4.09. The van der Waals surface area contributed by atoms with E-state index in [1.165, 1.54) is 0 Å². The number of hydrogen-bond acceptors (Lipinski definition) is 4. The maximum Gasteiger partial charge on any atom is 0.508 e. The Morgan fingerprint density at radius 1 is 1.09 bits per heavy atom. The topological polar surface area (TPSA) is 44.8 Å². The molecule has 0 aromatic rings. The highest BCUT2D eigenvalue weighted by atomic mass is 28.4. The molecule has 0 N–H and O–H groups in total. The molecular weight excluding hydrogens is 308 g/mol. The molecule has 0 aliphatic heterocycles. The Morgan fingerprint density at radius 2 is 1.65 bits per heavy atom. The molecule has 0 unspecified atom stereocenters. The summed E-state index contributed by atoms with van der Waals surface area (Å²) < 4.78 is 16.7. The summed E-state index contributed by atoms with van der Waals surface area (Å²) in [5.41, 5.74) is 1.75. The van der Waals surface area contributed by atoms with E-state index >= 15 is 0 Å². The fraction of sp³-hybridized carbons (Fsp3) is 0.833. The molecule has 0 fully saturated rings. The number of ether oxygens (including phenoxy) is 2. The average molecular weight is 343 g/mol. The maximum atomic E-state index is 11.4. The molecular formula is C18H34O4Si. The highest BCUT2D eigenvalue weighted by molar-refractivity contribution is 6.77. The van der Waals surface area contributed by atoms with Crippen LogP contribution in [0.1, 0.15) is 54.9 Å². The minimum absolute atomic E-state index is 0.184. The van der Waals surface area contributed by atoms with Crippen LogP contribution in [0, 0.1) is 5.92 Å². The van der Waals surface area contributed by atoms with E-state index in [1.54, 1.807) is 6.92 Å². The van der Waals surface area contributed by atoms with Crippen molar-refractivity contribution in [2.45, 2.75) is 77.6 Å². The predicted octanol–water partition coefficient (Wildman–Crippen LogP) is 5.30. The van der Waals surface area contributed by atoms with Gasteiger partial charge in [0.2, 0.25) is 0 Å². The molecule has 0 spiro atoms. The number of carbonyl (C=O) groups is 1. The van der Waals surface area contributed by atoms with Gasteiger partial charge in [0, 0.05) is 12.5 Å². The molecule has 23 heavy (non-hydrogen) atoms. The van der Waals surface area contributed by atoms with E-state index in [9.17, 15) is 4.79 Å². The van der Waals surface area contributed by atoms with Gasteiger partial charge >= 0.3 is 6.16 Å². The standard InChI is InChI=1S/C18H34O4Si/c1-8-20-18(19)22-17-10-9-16(11-17)12-21-23(13(2)3,14(4)5)15(6)7/h9-10,13-17H,8,11-12H2,1-7H3/t16-,17+/m1/s1. The van der Waals surface area contributed by atoms with Crippen LogP contribution >= 0.6 is 0 Å². The Morgan fingerprint density at radius 3 is 2.13 bits per heavy atom. The fourth-order valence-corrected chi connectivity index (χ4v) is 9.48. The minimum Gasteiger partial charge on any atom is -0.435 e. The summed E-state index contributed by atoms with van der Waals surface area (Å²) in [6.45, 7) is 16.6. The molecule has 0 saturated carbocycles. The van der Waals surface area contributed by atoms with Crippen molar-refractivity contribution < 1.29 is 18.7 Å². The second-order valence-corrected chi connectivity index (χ2v) is 12.8. The van der Waals surface area contributed by atoms with Crippen LogP contribution in [-0.2, 0) is 13.9 Å². The first-order chi connectivity index (χ1) is 10.7. The lowest BCUT2D eigenvalue weighted by molar-refractivity contribution is 0.0368. The van der Waals surface area contributed by atoms with Gasteiger partial charge in [0.25, 0.3) is 0 Å². The van der Waals surface area contributed by atoms with Crippen LogP contribution in [0.4, 0.5) is 4.79 Å². The van der Waals surface area contributed by atoms with Crippen LogP contribution in [0.2, 0.25) is 16.6 Å². The molecule has 0 aromatic carbocycles. The first-order valence-corrected chi connectivity index (χ1v) is 11.0. The summed E-state index contributed by atoms with van der Waals surface area (Å²) >= 11 is 0. The van der Waals surface area contributed by atoms with E-state index in [1.807, 2.05) is 6.08 Å². The fourth-order valence-electron chi connectivity index (χ4n) is 3.97. The van der Waals surface area contributed by atoms with Crippen LogP contribution < -0.4 is 0 Å². The Hall–Kier alpha value is -0.813. The number of rotatable bonds is 8. The van der Waals surface area contributed by atoms with Crippen molar-refractivity contribution in [2.24, 2.45) is 5.92 Å². The molecule has 1 aliphatic rings. The summed E-state index contributed by atoms with van der Waals surface area (Å²) in [4.78, 5) is 11.4. The maximum absolute atomic E-state index is 11.4. The normalized spacial score (nSPS) is 21.5. The predicted molar refractivity (Wildman–Crippen MR) is 96.1 cm³/mol. The third kappa shape index (κ3) is 5.08. The lowest BCUT2D eigenvalue weighted by Crippen LogP contribution is -2.48. The lowest BCUT2D eigenvalue weighted by Gasteiger charge is -2.42. The zero-order valence-electron chi connectivity index (χ0n) is 15.8. The van der Waals surface area contributed by atoms with Crippen LogP contribution in [0.3, 0.4) is 0 Å². The molecule has 0 radical (unpaired) electrons. The first kappa shape index (κ1) is 20.2. The summed E-state index contributed by atoms with van der Waals surface area (Å²) in [5.74, 6) is 0.317. The molecule has 1 aliphatic carbocycles. The van der Waals surface area contributed by atoms with Crippen LogP contribution in [0.5, 0.6) is 0 Å².